The summed E-state index contributed by atoms with van der Waals surface area (Å²) in [6.45, 7) is 3.06. The Hall–Kier alpha value is -0.120. The Morgan fingerprint density at radius 1 is 1.10 bits per heavy atom. The molecule has 62 valence electrons. The maximum Gasteiger partial charge on any atom is 0.0487 e. The summed E-state index contributed by atoms with van der Waals surface area (Å²) < 4.78 is 10.1. The van der Waals surface area contributed by atoms with Crippen LogP contribution in [0.1, 0.15) is 12.8 Å². The smallest absolute Gasteiger partial charge is 0.0487 e. The summed E-state index contributed by atoms with van der Waals surface area (Å²) in [5.41, 5.74) is 5.26. The van der Waals surface area contributed by atoms with E-state index in [1.807, 2.05) is 0 Å². The van der Waals surface area contributed by atoms with Gasteiger partial charge in [0.1, 0.15) is 0 Å². The van der Waals surface area contributed by atoms with E-state index in [0.717, 1.165) is 32.7 Å². The highest BCUT2D eigenvalue weighted by Crippen LogP contribution is 1.84. The van der Waals surface area contributed by atoms with Gasteiger partial charge in [0.05, 0.1) is 0 Å². The molecular formula is C7H17NO2. The van der Waals surface area contributed by atoms with Crippen molar-refractivity contribution < 1.29 is 9.47 Å². The molecule has 0 radical (unpaired) electrons. The van der Waals surface area contributed by atoms with Gasteiger partial charge in [-0.25, -0.2) is 0 Å². The van der Waals surface area contributed by atoms with Crippen LogP contribution in [-0.4, -0.2) is 33.5 Å². The second kappa shape index (κ2) is 8.88. The molecule has 0 bridgehead atoms. The number of rotatable bonds is 7. The zero-order valence-corrected chi connectivity index (χ0v) is 6.64. The fourth-order valence-corrected chi connectivity index (χ4v) is 0.593. The third-order valence-electron chi connectivity index (χ3n) is 1.13. The van der Waals surface area contributed by atoms with Crippen LogP contribution in [0, 0.1) is 0 Å². The van der Waals surface area contributed by atoms with Gasteiger partial charge in [0.15, 0.2) is 0 Å². The summed E-state index contributed by atoms with van der Waals surface area (Å²) in [6, 6.07) is 0. The molecule has 0 unspecified atom stereocenters. The molecule has 0 aromatic carbocycles. The van der Waals surface area contributed by atoms with Crippen molar-refractivity contribution in [1.29, 1.82) is 0 Å². The minimum atomic E-state index is 0.713. The van der Waals surface area contributed by atoms with Crippen molar-refractivity contribution in [3.8, 4) is 0 Å². The van der Waals surface area contributed by atoms with Gasteiger partial charge in [-0.15, -0.1) is 0 Å². The number of hydrogen-bond acceptors (Lipinski definition) is 3. The van der Waals surface area contributed by atoms with Gasteiger partial charge >= 0.3 is 0 Å². The molecular weight excluding hydrogens is 130 g/mol. The topological polar surface area (TPSA) is 44.5 Å². The highest BCUT2D eigenvalue weighted by molar-refractivity contribution is 4.37. The maximum absolute atomic E-state index is 5.26. The molecule has 0 aromatic heterocycles. The van der Waals surface area contributed by atoms with Crippen LogP contribution in [0.2, 0.25) is 0 Å². The van der Waals surface area contributed by atoms with Gasteiger partial charge in [0, 0.05) is 26.9 Å². The molecule has 0 aliphatic rings. The molecule has 0 rings (SSSR count). The van der Waals surface area contributed by atoms with Gasteiger partial charge in [0.2, 0.25) is 0 Å². The summed E-state index contributed by atoms with van der Waals surface area (Å²) in [7, 11) is 1.69. The Balaban J connectivity index is 2.65. The van der Waals surface area contributed by atoms with E-state index in [0.29, 0.717) is 6.54 Å². The number of hydrogen-bond donors (Lipinski definition) is 1. The van der Waals surface area contributed by atoms with Crippen LogP contribution in [0.25, 0.3) is 0 Å². The molecule has 3 heteroatoms. The summed E-state index contributed by atoms with van der Waals surface area (Å²) in [6.07, 6.45) is 1.92. The summed E-state index contributed by atoms with van der Waals surface area (Å²) >= 11 is 0. The molecule has 0 spiro atoms. The van der Waals surface area contributed by atoms with Gasteiger partial charge in [-0.2, -0.15) is 0 Å². The molecule has 0 aliphatic heterocycles. The first-order valence-corrected chi connectivity index (χ1v) is 3.68. The van der Waals surface area contributed by atoms with E-state index < -0.39 is 0 Å². The molecule has 0 saturated carbocycles. The highest BCUT2D eigenvalue weighted by atomic mass is 16.5. The number of ether oxygens (including phenoxy) is 2. The minimum Gasteiger partial charge on any atom is -0.385 e. The highest BCUT2D eigenvalue weighted by Gasteiger charge is 1.86. The van der Waals surface area contributed by atoms with E-state index in [4.69, 9.17) is 15.2 Å². The van der Waals surface area contributed by atoms with Crippen LogP contribution in [0.4, 0.5) is 0 Å². The second-order valence-electron chi connectivity index (χ2n) is 2.10. The first kappa shape index (κ1) is 9.88. The standard InChI is InChI=1S/C7H17NO2/c1-9-5-3-7-10-6-2-4-8/h2-8H2,1H3. The van der Waals surface area contributed by atoms with Crippen LogP contribution in [-0.2, 0) is 9.47 Å². The van der Waals surface area contributed by atoms with Crippen LogP contribution < -0.4 is 5.73 Å². The van der Waals surface area contributed by atoms with E-state index >= 15 is 0 Å². The molecule has 2 N–H and O–H groups in total. The van der Waals surface area contributed by atoms with E-state index in [-0.39, 0.29) is 0 Å². The molecule has 10 heavy (non-hydrogen) atoms. The van der Waals surface area contributed by atoms with Crippen LogP contribution >= 0.6 is 0 Å². The Labute approximate surface area is 62.5 Å². The van der Waals surface area contributed by atoms with Crippen molar-refractivity contribution in [2.75, 3.05) is 33.5 Å². The fourth-order valence-electron chi connectivity index (χ4n) is 0.593. The zero-order valence-electron chi connectivity index (χ0n) is 6.64. The molecule has 0 atom stereocenters. The van der Waals surface area contributed by atoms with Gasteiger partial charge in [-0.05, 0) is 19.4 Å². The van der Waals surface area contributed by atoms with E-state index in [1.165, 1.54) is 0 Å². The van der Waals surface area contributed by atoms with Gasteiger partial charge in [-0.3, -0.25) is 0 Å². The van der Waals surface area contributed by atoms with Crippen molar-refractivity contribution in [3.63, 3.8) is 0 Å². The first-order valence-electron chi connectivity index (χ1n) is 3.68. The third kappa shape index (κ3) is 7.88. The van der Waals surface area contributed by atoms with Crippen molar-refractivity contribution in [3.05, 3.63) is 0 Å². The summed E-state index contributed by atoms with van der Waals surface area (Å²) in [4.78, 5) is 0. The first-order chi connectivity index (χ1) is 4.91. The largest absolute Gasteiger partial charge is 0.385 e. The van der Waals surface area contributed by atoms with Crippen LogP contribution in [0.15, 0.2) is 0 Å². The molecule has 0 amide bonds. The quantitative estimate of drug-likeness (QED) is 0.530. The van der Waals surface area contributed by atoms with Gasteiger partial charge in [0.25, 0.3) is 0 Å². The lowest BCUT2D eigenvalue weighted by Crippen LogP contribution is -2.06. The average Bonchev–Trinajstić information content (AvgIpc) is 1.97. The van der Waals surface area contributed by atoms with Crippen molar-refractivity contribution in [2.24, 2.45) is 5.73 Å². The predicted octanol–water partition coefficient (Wildman–Crippen LogP) is 0.388. The Morgan fingerprint density at radius 3 is 2.40 bits per heavy atom. The zero-order chi connectivity index (χ0) is 7.66. The third-order valence-corrected chi connectivity index (χ3v) is 1.13. The second-order valence-corrected chi connectivity index (χ2v) is 2.10. The van der Waals surface area contributed by atoms with Crippen LogP contribution in [0.5, 0.6) is 0 Å². The van der Waals surface area contributed by atoms with Gasteiger partial charge in [-0.1, -0.05) is 0 Å². The minimum absolute atomic E-state index is 0.713. The van der Waals surface area contributed by atoms with E-state index in [2.05, 4.69) is 0 Å². The molecule has 0 aromatic rings. The average molecular weight is 147 g/mol. The maximum atomic E-state index is 5.26. The molecule has 0 aliphatic carbocycles. The summed E-state index contributed by atoms with van der Waals surface area (Å²) in [5.74, 6) is 0. The van der Waals surface area contributed by atoms with Crippen molar-refractivity contribution >= 4 is 0 Å². The lowest BCUT2D eigenvalue weighted by Gasteiger charge is -2.01. The Morgan fingerprint density at radius 2 is 1.80 bits per heavy atom. The van der Waals surface area contributed by atoms with Crippen molar-refractivity contribution in [1.82, 2.24) is 0 Å². The summed E-state index contributed by atoms with van der Waals surface area (Å²) in [5, 5.41) is 0. The Bertz CT molecular complexity index is 51.6. The predicted molar refractivity (Wildman–Crippen MR) is 41.0 cm³/mol. The lowest BCUT2D eigenvalue weighted by molar-refractivity contribution is 0.102. The molecule has 3 nitrogen and oxygen atoms in total. The molecule has 0 fully saturated rings. The SMILES string of the molecule is COCCCOCCCN. The molecule has 0 heterocycles. The van der Waals surface area contributed by atoms with Gasteiger partial charge < -0.3 is 15.2 Å². The number of methoxy groups -OCH3 is 1. The van der Waals surface area contributed by atoms with Crippen molar-refractivity contribution in [2.45, 2.75) is 12.8 Å². The van der Waals surface area contributed by atoms with E-state index in [1.54, 1.807) is 7.11 Å². The number of nitrogens with two attached hydrogens (primary N) is 1. The normalized spacial score (nSPS) is 10.2. The Kier molecular flexibility index (Phi) is 8.77. The fraction of sp³-hybridized carbons (Fsp3) is 1.00. The van der Waals surface area contributed by atoms with E-state index in [9.17, 15) is 0 Å². The van der Waals surface area contributed by atoms with Crippen LogP contribution in [0.3, 0.4) is 0 Å². The molecule has 0 saturated heterocycles. The monoisotopic (exact) mass is 147 g/mol. The lowest BCUT2D eigenvalue weighted by atomic mass is 10.4.